The first-order valence-corrected chi connectivity index (χ1v) is 6.15. The van der Waals surface area contributed by atoms with Gasteiger partial charge in [0.25, 0.3) is 5.69 Å². The van der Waals surface area contributed by atoms with Crippen molar-refractivity contribution in [3.05, 3.63) is 33.9 Å². The van der Waals surface area contributed by atoms with Crippen LogP contribution in [0.5, 0.6) is 0 Å². The molecule has 0 aliphatic rings. The molecule has 1 atom stereocenters. The van der Waals surface area contributed by atoms with E-state index >= 15 is 0 Å². The van der Waals surface area contributed by atoms with Crippen LogP contribution in [0, 0.1) is 10.1 Å². The average Bonchev–Trinajstić information content (AvgIpc) is 2.34. The molecule has 1 rings (SSSR count). The fourth-order valence-electron chi connectivity index (χ4n) is 1.67. The first-order valence-electron chi connectivity index (χ1n) is 6.15. The number of nitrogens with two attached hydrogens (primary N) is 1. The maximum atomic E-state index is 11.9. The van der Waals surface area contributed by atoms with E-state index in [9.17, 15) is 25.0 Å². The van der Waals surface area contributed by atoms with Gasteiger partial charge in [-0.15, -0.1) is 0 Å². The smallest absolute Gasteiger partial charge is 0.459 e. The predicted octanol–water partition coefficient (Wildman–Crippen LogP) is -0.384. The molecule has 4 N–H and O–H groups in total. The average molecular weight is 296 g/mol. The minimum atomic E-state index is -1.99. The summed E-state index contributed by atoms with van der Waals surface area (Å²) in [4.78, 5) is 21.9. The molecule has 0 saturated heterocycles. The fraction of sp³-hybridized carbons (Fsp3) is 0.417. The Morgan fingerprint density at radius 3 is 2.43 bits per heavy atom. The Morgan fingerprint density at radius 1 is 1.43 bits per heavy atom. The Labute approximate surface area is 121 Å². The zero-order valence-electron chi connectivity index (χ0n) is 11.9. The van der Waals surface area contributed by atoms with Crippen LogP contribution >= 0.6 is 0 Å². The van der Waals surface area contributed by atoms with Crippen molar-refractivity contribution >= 4 is 24.2 Å². The summed E-state index contributed by atoms with van der Waals surface area (Å²) in [6, 6.07) is 2.03. The number of hydrogen-bond acceptors (Lipinski definition) is 7. The maximum absolute atomic E-state index is 11.9. The number of nitro groups is 1. The van der Waals surface area contributed by atoms with Gasteiger partial charge in [-0.3, -0.25) is 10.1 Å². The molecule has 0 aliphatic heterocycles. The van der Waals surface area contributed by atoms with Crippen LogP contribution in [0.1, 0.15) is 32.4 Å². The van der Waals surface area contributed by atoms with E-state index in [0.717, 1.165) is 12.1 Å². The lowest BCUT2D eigenvalue weighted by atomic mass is 9.75. The van der Waals surface area contributed by atoms with Gasteiger partial charge >= 0.3 is 13.1 Å². The predicted molar refractivity (Wildman–Crippen MR) is 75.7 cm³/mol. The summed E-state index contributed by atoms with van der Waals surface area (Å²) >= 11 is 0. The van der Waals surface area contributed by atoms with Crippen LogP contribution in [-0.4, -0.2) is 33.7 Å². The fourth-order valence-corrected chi connectivity index (χ4v) is 1.67. The van der Waals surface area contributed by atoms with Gasteiger partial charge in [-0.2, -0.15) is 0 Å². The lowest BCUT2D eigenvalue weighted by molar-refractivity contribution is -0.384. The summed E-state index contributed by atoms with van der Waals surface area (Å²) < 4.78 is 5.11. The van der Waals surface area contributed by atoms with Crippen LogP contribution in [0.2, 0.25) is 0 Å². The van der Waals surface area contributed by atoms with E-state index in [2.05, 4.69) is 0 Å². The summed E-state index contributed by atoms with van der Waals surface area (Å²) in [5.41, 5.74) is 4.51. The normalized spacial score (nSPS) is 12.7. The number of benzene rings is 1. The number of esters is 1. The number of nitrogens with zero attached hydrogens (tertiary/aromatic N) is 1. The van der Waals surface area contributed by atoms with E-state index in [4.69, 9.17) is 10.5 Å². The van der Waals surface area contributed by atoms with Crippen LogP contribution in [0.4, 0.5) is 5.69 Å². The van der Waals surface area contributed by atoms with Gasteiger partial charge in [0.15, 0.2) is 0 Å². The summed E-state index contributed by atoms with van der Waals surface area (Å²) in [6.45, 7) is 4.99. The van der Waals surface area contributed by atoms with Crippen molar-refractivity contribution < 1.29 is 24.5 Å². The summed E-state index contributed by atoms with van der Waals surface area (Å²) in [6.07, 6.45) is 0. The van der Waals surface area contributed by atoms with E-state index in [1.807, 2.05) is 0 Å². The van der Waals surface area contributed by atoms with Gasteiger partial charge in [-0.05, 0) is 31.8 Å². The molecule has 1 aromatic rings. The Hall–Kier alpha value is -1.97. The zero-order valence-corrected chi connectivity index (χ0v) is 11.9. The SMILES string of the molecule is CC(C)(C)OC(=O)[C@@H](N)c1ccc([N+](=O)[O-])cc1B(O)O. The number of nitro benzene ring substituents is 1. The van der Waals surface area contributed by atoms with E-state index in [1.54, 1.807) is 20.8 Å². The van der Waals surface area contributed by atoms with E-state index < -0.39 is 29.7 Å². The van der Waals surface area contributed by atoms with Crippen molar-refractivity contribution in [2.45, 2.75) is 32.4 Å². The highest BCUT2D eigenvalue weighted by Gasteiger charge is 2.29. The van der Waals surface area contributed by atoms with Crippen LogP contribution in [0.3, 0.4) is 0 Å². The number of non-ortho nitro benzene ring substituents is 1. The first-order chi connectivity index (χ1) is 9.53. The molecular weight excluding hydrogens is 279 g/mol. The van der Waals surface area contributed by atoms with Crippen molar-refractivity contribution in [2.75, 3.05) is 0 Å². The third-order valence-electron chi connectivity index (χ3n) is 2.56. The first kappa shape index (κ1) is 17.1. The van der Waals surface area contributed by atoms with Gasteiger partial charge in [0.1, 0.15) is 11.6 Å². The number of hydrogen-bond donors (Lipinski definition) is 3. The van der Waals surface area contributed by atoms with Crippen LogP contribution in [-0.2, 0) is 9.53 Å². The Bertz CT molecular complexity index is 555. The van der Waals surface area contributed by atoms with Gasteiger partial charge in [0.05, 0.1) is 4.92 Å². The largest absolute Gasteiger partial charge is 0.489 e. The minimum absolute atomic E-state index is 0.0600. The molecule has 0 saturated carbocycles. The topological polar surface area (TPSA) is 136 Å². The molecule has 0 radical (unpaired) electrons. The molecule has 0 amide bonds. The molecule has 0 bridgehead atoms. The number of ether oxygens (including phenoxy) is 1. The minimum Gasteiger partial charge on any atom is -0.459 e. The van der Waals surface area contributed by atoms with Crippen LogP contribution in [0.15, 0.2) is 18.2 Å². The molecular formula is C12H17BN2O6. The van der Waals surface area contributed by atoms with E-state index in [1.165, 1.54) is 6.07 Å². The monoisotopic (exact) mass is 296 g/mol. The van der Waals surface area contributed by atoms with E-state index in [-0.39, 0.29) is 16.7 Å². The molecule has 0 unspecified atom stereocenters. The molecule has 114 valence electrons. The quantitative estimate of drug-likeness (QED) is 0.298. The number of rotatable bonds is 4. The highest BCUT2D eigenvalue weighted by molar-refractivity contribution is 6.59. The summed E-state index contributed by atoms with van der Waals surface area (Å²) in [5, 5.41) is 29.3. The second-order valence-corrected chi connectivity index (χ2v) is 5.46. The summed E-state index contributed by atoms with van der Waals surface area (Å²) in [5.74, 6) is -0.766. The van der Waals surface area contributed by atoms with Crippen LogP contribution < -0.4 is 11.2 Å². The van der Waals surface area contributed by atoms with Crippen molar-refractivity contribution in [1.29, 1.82) is 0 Å². The van der Waals surface area contributed by atoms with Gasteiger partial charge in [0, 0.05) is 12.1 Å². The number of carbonyl (C=O) groups excluding carboxylic acids is 1. The third-order valence-corrected chi connectivity index (χ3v) is 2.56. The zero-order chi connectivity index (χ0) is 16.4. The Balaban J connectivity index is 3.17. The third kappa shape index (κ3) is 4.52. The highest BCUT2D eigenvalue weighted by atomic mass is 16.6. The molecule has 9 heteroatoms. The second-order valence-electron chi connectivity index (χ2n) is 5.46. The van der Waals surface area contributed by atoms with Crippen LogP contribution in [0.25, 0.3) is 0 Å². The molecule has 8 nitrogen and oxygen atoms in total. The Morgan fingerprint density at radius 2 is 2.00 bits per heavy atom. The standard InChI is InChI=1S/C12H17BN2O6/c1-12(2,3)21-11(16)10(14)8-5-4-7(15(19)20)6-9(8)13(17)18/h4-6,10,17-18H,14H2,1-3H3/t10-/m0/s1. The van der Waals surface area contributed by atoms with Crippen molar-refractivity contribution in [2.24, 2.45) is 5.73 Å². The second kappa shape index (κ2) is 6.21. The molecule has 0 heterocycles. The van der Waals surface area contributed by atoms with Gasteiger partial charge in [-0.25, -0.2) is 4.79 Å². The highest BCUT2D eigenvalue weighted by Crippen LogP contribution is 2.18. The van der Waals surface area contributed by atoms with E-state index in [0.29, 0.717) is 0 Å². The Kier molecular flexibility index (Phi) is 5.05. The van der Waals surface area contributed by atoms with Crippen molar-refractivity contribution in [3.8, 4) is 0 Å². The molecule has 1 aromatic carbocycles. The molecule has 0 spiro atoms. The summed E-state index contributed by atoms with van der Waals surface area (Å²) in [7, 11) is -1.99. The molecule has 0 aliphatic carbocycles. The lowest BCUT2D eigenvalue weighted by Crippen LogP contribution is -2.39. The van der Waals surface area contributed by atoms with Crippen molar-refractivity contribution in [1.82, 2.24) is 0 Å². The van der Waals surface area contributed by atoms with Gasteiger partial charge in [0.2, 0.25) is 0 Å². The maximum Gasteiger partial charge on any atom is 0.489 e. The van der Waals surface area contributed by atoms with Gasteiger partial charge in [-0.1, -0.05) is 6.07 Å². The van der Waals surface area contributed by atoms with Gasteiger partial charge < -0.3 is 20.5 Å². The number of carbonyl (C=O) groups is 1. The molecule has 0 aromatic heterocycles. The van der Waals surface area contributed by atoms with Crippen molar-refractivity contribution in [3.63, 3.8) is 0 Å². The molecule has 0 fully saturated rings. The lowest BCUT2D eigenvalue weighted by Gasteiger charge is -2.23. The molecule has 21 heavy (non-hydrogen) atoms.